The molecule has 4 rings (SSSR count). The fraction of sp³-hybridized carbons (Fsp3) is 0.214. The number of aliphatic hydroxyl groups is 1. The van der Waals surface area contributed by atoms with E-state index in [0.717, 1.165) is 11.1 Å². The normalized spacial score (nSPS) is 17.2. The highest BCUT2D eigenvalue weighted by Gasteiger charge is 2.47. The van der Waals surface area contributed by atoms with E-state index >= 15 is 0 Å². The van der Waals surface area contributed by atoms with Crippen LogP contribution in [0.4, 0.5) is 5.69 Å². The van der Waals surface area contributed by atoms with Crippen LogP contribution in [0, 0.1) is 13.8 Å². The second kappa shape index (κ2) is 9.43. The molecule has 1 amide bonds. The molecule has 1 saturated heterocycles. The average Bonchev–Trinajstić information content (AvgIpc) is 3.09. The van der Waals surface area contributed by atoms with Crippen LogP contribution in [0.25, 0.3) is 5.76 Å². The number of ether oxygens (including phenoxy) is 2. The number of anilines is 1. The predicted molar refractivity (Wildman–Crippen MR) is 131 cm³/mol. The van der Waals surface area contributed by atoms with Crippen molar-refractivity contribution in [1.82, 2.24) is 0 Å². The fourth-order valence-corrected chi connectivity index (χ4v) is 4.32. The maximum atomic E-state index is 13.3. The van der Waals surface area contributed by atoms with Gasteiger partial charge >= 0.3 is 0 Å². The zero-order valence-electron chi connectivity index (χ0n) is 19.7. The Balaban J connectivity index is 1.90. The largest absolute Gasteiger partial charge is 0.507 e. The van der Waals surface area contributed by atoms with Gasteiger partial charge in [-0.15, -0.1) is 0 Å². The van der Waals surface area contributed by atoms with Crippen LogP contribution in [-0.2, 0) is 9.59 Å². The van der Waals surface area contributed by atoms with Crippen molar-refractivity contribution >= 4 is 23.1 Å². The molecular weight excluding hydrogens is 430 g/mol. The molecule has 6 heteroatoms. The average molecular weight is 458 g/mol. The molecule has 1 aliphatic heterocycles. The lowest BCUT2D eigenvalue weighted by Crippen LogP contribution is -2.29. The van der Waals surface area contributed by atoms with E-state index in [-0.39, 0.29) is 11.3 Å². The molecule has 0 radical (unpaired) electrons. The van der Waals surface area contributed by atoms with Crippen molar-refractivity contribution < 1.29 is 24.2 Å². The lowest BCUT2D eigenvalue weighted by Gasteiger charge is -2.26. The molecule has 174 valence electrons. The molecule has 0 bridgehead atoms. The number of methoxy groups -OCH3 is 1. The van der Waals surface area contributed by atoms with Gasteiger partial charge in [-0.25, -0.2) is 0 Å². The summed E-state index contributed by atoms with van der Waals surface area (Å²) in [6.07, 6.45) is 0. The highest BCUT2D eigenvalue weighted by atomic mass is 16.5. The summed E-state index contributed by atoms with van der Waals surface area (Å²) in [4.78, 5) is 28.1. The monoisotopic (exact) mass is 457 g/mol. The van der Waals surface area contributed by atoms with Crippen LogP contribution < -0.4 is 14.4 Å². The van der Waals surface area contributed by atoms with E-state index in [1.165, 1.54) is 4.90 Å². The number of carbonyl (C=O) groups excluding carboxylic acids is 2. The number of hydrogen-bond acceptors (Lipinski definition) is 5. The van der Waals surface area contributed by atoms with Crippen LogP contribution >= 0.6 is 0 Å². The Morgan fingerprint density at radius 1 is 0.912 bits per heavy atom. The Labute approximate surface area is 199 Å². The summed E-state index contributed by atoms with van der Waals surface area (Å²) < 4.78 is 10.7. The van der Waals surface area contributed by atoms with Gasteiger partial charge in [0.05, 0.1) is 25.3 Å². The topological polar surface area (TPSA) is 76.1 Å². The first-order valence-corrected chi connectivity index (χ1v) is 11.1. The van der Waals surface area contributed by atoms with Crippen molar-refractivity contribution in [2.24, 2.45) is 0 Å². The minimum atomic E-state index is -0.793. The zero-order chi connectivity index (χ0) is 24.4. The second-order valence-corrected chi connectivity index (χ2v) is 8.25. The van der Waals surface area contributed by atoms with Crippen molar-refractivity contribution in [3.05, 3.63) is 94.6 Å². The van der Waals surface area contributed by atoms with E-state index in [1.54, 1.807) is 55.6 Å². The fourth-order valence-electron chi connectivity index (χ4n) is 4.32. The maximum Gasteiger partial charge on any atom is 0.300 e. The van der Waals surface area contributed by atoms with Gasteiger partial charge in [0.25, 0.3) is 11.7 Å². The third kappa shape index (κ3) is 4.27. The van der Waals surface area contributed by atoms with E-state index in [9.17, 15) is 14.7 Å². The Morgan fingerprint density at radius 3 is 2.06 bits per heavy atom. The highest BCUT2D eigenvalue weighted by Crippen LogP contribution is 2.43. The molecule has 1 aliphatic rings. The first-order chi connectivity index (χ1) is 16.3. The van der Waals surface area contributed by atoms with Crippen molar-refractivity contribution in [1.29, 1.82) is 0 Å². The number of nitrogens with zero attached hydrogens (tertiary/aromatic N) is 1. The molecule has 34 heavy (non-hydrogen) atoms. The third-order valence-corrected chi connectivity index (χ3v) is 5.80. The second-order valence-electron chi connectivity index (χ2n) is 8.25. The number of amides is 1. The van der Waals surface area contributed by atoms with Crippen molar-refractivity contribution in [3.63, 3.8) is 0 Å². The number of Topliss-reactive ketones (excluding diaryl/α,β-unsaturated/α-hetero) is 1. The molecule has 0 aromatic heterocycles. The molecule has 0 aliphatic carbocycles. The Kier molecular flexibility index (Phi) is 6.41. The Hall–Kier alpha value is -4.06. The number of ketones is 1. The van der Waals surface area contributed by atoms with Gasteiger partial charge in [0.1, 0.15) is 17.3 Å². The van der Waals surface area contributed by atoms with Crippen molar-refractivity contribution in [2.75, 3.05) is 18.6 Å². The van der Waals surface area contributed by atoms with E-state index in [4.69, 9.17) is 9.47 Å². The summed E-state index contributed by atoms with van der Waals surface area (Å²) >= 11 is 0. The standard InChI is InChI=1S/C28H27NO5/c1-5-34-23-12-8-20(9-13-23)26(30)24-25(19-6-10-22(33-4)11-7-19)29(28(32)27(24)31)21-15-17(2)14-18(3)16-21/h6-16,25,30H,5H2,1-4H3/b26-24+. The quantitative estimate of drug-likeness (QED) is 0.307. The number of benzene rings is 3. The summed E-state index contributed by atoms with van der Waals surface area (Å²) in [7, 11) is 1.57. The SMILES string of the molecule is CCOc1ccc(/C(O)=C2\C(=O)C(=O)N(c3cc(C)cc(C)c3)C2c2ccc(OC)cc2)cc1. The minimum absolute atomic E-state index is 0.0403. The van der Waals surface area contributed by atoms with Gasteiger partial charge in [-0.1, -0.05) is 18.2 Å². The van der Waals surface area contributed by atoms with Crippen LogP contribution in [0.15, 0.2) is 72.3 Å². The predicted octanol–water partition coefficient (Wildman–Crippen LogP) is 5.34. The molecule has 1 heterocycles. The summed E-state index contributed by atoms with van der Waals surface area (Å²) in [5, 5.41) is 11.3. The molecule has 3 aromatic carbocycles. The van der Waals surface area contributed by atoms with Gasteiger partial charge in [0.15, 0.2) is 0 Å². The van der Waals surface area contributed by atoms with E-state index in [2.05, 4.69) is 0 Å². The molecule has 1 unspecified atom stereocenters. The summed E-state index contributed by atoms with van der Waals surface area (Å²) in [6.45, 7) is 6.28. The molecule has 1 fully saturated rings. The first-order valence-electron chi connectivity index (χ1n) is 11.1. The van der Waals surface area contributed by atoms with Crippen LogP contribution in [-0.4, -0.2) is 30.5 Å². The summed E-state index contributed by atoms with van der Waals surface area (Å²) in [5.41, 5.74) is 3.70. The Morgan fingerprint density at radius 2 is 1.50 bits per heavy atom. The van der Waals surface area contributed by atoms with Crippen molar-refractivity contribution in [3.8, 4) is 11.5 Å². The molecule has 0 spiro atoms. The zero-order valence-corrected chi connectivity index (χ0v) is 19.7. The minimum Gasteiger partial charge on any atom is -0.507 e. The van der Waals surface area contributed by atoms with Gasteiger partial charge in [0, 0.05) is 11.3 Å². The number of aryl methyl sites for hydroxylation is 2. The van der Waals surface area contributed by atoms with Crippen LogP contribution in [0.3, 0.4) is 0 Å². The Bertz CT molecular complexity index is 1240. The van der Waals surface area contributed by atoms with Gasteiger partial charge in [-0.3, -0.25) is 14.5 Å². The number of rotatable bonds is 6. The molecule has 1 N–H and O–H groups in total. The number of aliphatic hydroxyl groups excluding tert-OH is 1. The van der Waals surface area contributed by atoms with Gasteiger partial charge in [-0.2, -0.15) is 0 Å². The van der Waals surface area contributed by atoms with E-state index < -0.39 is 17.7 Å². The van der Waals surface area contributed by atoms with Gasteiger partial charge in [0.2, 0.25) is 0 Å². The van der Waals surface area contributed by atoms with Crippen LogP contribution in [0.2, 0.25) is 0 Å². The first kappa shape index (κ1) is 23.1. The maximum absolute atomic E-state index is 13.3. The summed E-state index contributed by atoms with van der Waals surface area (Å²) in [5.74, 6) is -0.334. The van der Waals surface area contributed by atoms with E-state index in [1.807, 2.05) is 39.0 Å². The van der Waals surface area contributed by atoms with Gasteiger partial charge < -0.3 is 14.6 Å². The molecule has 6 nitrogen and oxygen atoms in total. The lowest BCUT2D eigenvalue weighted by atomic mass is 9.95. The van der Waals surface area contributed by atoms with Crippen LogP contribution in [0.5, 0.6) is 11.5 Å². The summed E-state index contributed by atoms with van der Waals surface area (Å²) in [6, 6.07) is 18.9. The van der Waals surface area contributed by atoms with Crippen molar-refractivity contribution in [2.45, 2.75) is 26.8 Å². The molecule has 0 saturated carbocycles. The highest BCUT2D eigenvalue weighted by molar-refractivity contribution is 6.51. The van der Waals surface area contributed by atoms with E-state index in [0.29, 0.717) is 34.9 Å². The smallest absolute Gasteiger partial charge is 0.300 e. The molecular formula is C28H27NO5. The molecule has 1 atom stereocenters. The molecule has 3 aromatic rings. The number of hydrogen-bond donors (Lipinski definition) is 1. The number of carbonyl (C=O) groups is 2. The third-order valence-electron chi connectivity index (χ3n) is 5.80. The van der Waals surface area contributed by atoms with Gasteiger partial charge in [-0.05, 0) is 86.0 Å². The van der Waals surface area contributed by atoms with Crippen LogP contribution in [0.1, 0.15) is 35.2 Å². The lowest BCUT2D eigenvalue weighted by molar-refractivity contribution is -0.132.